The highest BCUT2D eigenvalue weighted by Crippen LogP contribution is 2.40. The van der Waals surface area contributed by atoms with Crippen LogP contribution in [0.5, 0.6) is 0 Å². The molecule has 0 aromatic heterocycles. The van der Waals surface area contributed by atoms with E-state index in [1.54, 1.807) is 0 Å². The van der Waals surface area contributed by atoms with Crippen molar-refractivity contribution in [2.24, 2.45) is 5.92 Å². The van der Waals surface area contributed by atoms with Crippen LogP contribution in [0.3, 0.4) is 0 Å². The van der Waals surface area contributed by atoms with Crippen molar-refractivity contribution in [1.82, 2.24) is 5.32 Å². The SMILES string of the molecule is CNC(c1ccc(C)cc1)C1CCOC2(CCOC2)C1. The fourth-order valence-electron chi connectivity index (χ4n) is 3.66. The summed E-state index contributed by atoms with van der Waals surface area (Å²) in [7, 11) is 2.07. The Hall–Kier alpha value is -0.900. The van der Waals surface area contributed by atoms with E-state index in [4.69, 9.17) is 9.47 Å². The Morgan fingerprint density at radius 1 is 1.25 bits per heavy atom. The lowest BCUT2D eigenvalue weighted by molar-refractivity contribution is -0.103. The van der Waals surface area contributed by atoms with Crippen molar-refractivity contribution in [2.45, 2.75) is 37.8 Å². The molecular formula is C17H25NO2. The Kier molecular flexibility index (Phi) is 4.11. The number of rotatable bonds is 3. The molecule has 0 aliphatic carbocycles. The maximum Gasteiger partial charge on any atom is 0.0940 e. The van der Waals surface area contributed by atoms with Gasteiger partial charge in [-0.25, -0.2) is 0 Å². The number of hydrogen-bond donors (Lipinski definition) is 1. The molecule has 1 N–H and O–H groups in total. The summed E-state index contributed by atoms with van der Waals surface area (Å²) in [5, 5.41) is 3.52. The van der Waals surface area contributed by atoms with Crippen LogP contribution in [0.2, 0.25) is 0 Å². The third-order valence-electron chi connectivity index (χ3n) is 4.82. The average Bonchev–Trinajstić information content (AvgIpc) is 2.90. The Bertz CT molecular complexity index is 437. The van der Waals surface area contributed by atoms with Crippen molar-refractivity contribution >= 4 is 0 Å². The Morgan fingerprint density at radius 2 is 2.05 bits per heavy atom. The van der Waals surface area contributed by atoms with Gasteiger partial charge in [0.15, 0.2) is 0 Å². The van der Waals surface area contributed by atoms with E-state index >= 15 is 0 Å². The standard InChI is InChI=1S/C17H25NO2/c1-13-3-5-14(6-4-13)16(18-2)15-7-9-20-17(11-15)8-10-19-12-17/h3-6,15-16,18H,7-12H2,1-2H3. The molecule has 1 aromatic rings. The lowest BCUT2D eigenvalue weighted by Gasteiger charge is -2.40. The van der Waals surface area contributed by atoms with Gasteiger partial charge in [-0.2, -0.15) is 0 Å². The third kappa shape index (κ3) is 2.76. The average molecular weight is 275 g/mol. The number of benzene rings is 1. The van der Waals surface area contributed by atoms with Crippen LogP contribution < -0.4 is 5.32 Å². The van der Waals surface area contributed by atoms with Crippen LogP contribution in [0.1, 0.15) is 36.4 Å². The van der Waals surface area contributed by atoms with Crippen molar-refractivity contribution in [3.8, 4) is 0 Å². The summed E-state index contributed by atoms with van der Waals surface area (Å²) in [4.78, 5) is 0. The minimum absolute atomic E-state index is 0.0112. The topological polar surface area (TPSA) is 30.5 Å². The number of ether oxygens (including phenoxy) is 2. The molecule has 2 heterocycles. The van der Waals surface area contributed by atoms with Crippen LogP contribution in [-0.2, 0) is 9.47 Å². The van der Waals surface area contributed by atoms with Gasteiger partial charge in [0, 0.05) is 25.7 Å². The normalized spacial score (nSPS) is 31.6. The molecule has 20 heavy (non-hydrogen) atoms. The monoisotopic (exact) mass is 275 g/mol. The van der Waals surface area contributed by atoms with Crippen LogP contribution in [0.25, 0.3) is 0 Å². The molecule has 1 aromatic carbocycles. The predicted octanol–water partition coefficient (Wildman–Crippen LogP) is 2.84. The zero-order chi connectivity index (χ0) is 14.0. The highest BCUT2D eigenvalue weighted by molar-refractivity contribution is 5.25. The minimum Gasteiger partial charge on any atom is -0.378 e. The molecule has 0 bridgehead atoms. The van der Waals surface area contributed by atoms with Gasteiger partial charge >= 0.3 is 0 Å². The van der Waals surface area contributed by atoms with Gasteiger partial charge in [-0.3, -0.25) is 0 Å². The quantitative estimate of drug-likeness (QED) is 0.920. The summed E-state index contributed by atoms with van der Waals surface area (Å²) in [6, 6.07) is 9.33. The van der Waals surface area contributed by atoms with Gasteiger partial charge in [-0.05, 0) is 38.3 Å². The first-order valence-corrected chi connectivity index (χ1v) is 7.68. The van der Waals surface area contributed by atoms with Gasteiger partial charge in [0.05, 0.1) is 12.2 Å². The third-order valence-corrected chi connectivity index (χ3v) is 4.82. The lowest BCUT2D eigenvalue weighted by Crippen LogP contribution is -2.43. The summed E-state index contributed by atoms with van der Waals surface area (Å²) >= 11 is 0. The second-order valence-electron chi connectivity index (χ2n) is 6.26. The molecule has 2 fully saturated rings. The molecule has 0 saturated carbocycles. The summed E-state index contributed by atoms with van der Waals surface area (Å²) in [6.45, 7) is 4.62. The summed E-state index contributed by atoms with van der Waals surface area (Å²) in [6.07, 6.45) is 3.28. The molecule has 0 radical (unpaired) electrons. The Labute approximate surface area is 121 Å². The first kappa shape index (κ1) is 14.1. The second kappa shape index (κ2) is 5.84. The highest BCUT2D eigenvalue weighted by atomic mass is 16.6. The van der Waals surface area contributed by atoms with Crippen molar-refractivity contribution in [2.75, 3.05) is 26.9 Å². The van der Waals surface area contributed by atoms with Crippen LogP contribution in [0.15, 0.2) is 24.3 Å². The van der Waals surface area contributed by atoms with E-state index in [0.717, 1.165) is 39.1 Å². The van der Waals surface area contributed by atoms with E-state index in [9.17, 15) is 0 Å². The predicted molar refractivity (Wildman–Crippen MR) is 79.8 cm³/mol. The summed E-state index contributed by atoms with van der Waals surface area (Å²) < 4.78 is 11.6. The van der Waals surface area contributed by atoms with Crippen LogP contribution in [0, 0.1) is 12.8 Å². The van der Waals surface area contributed by atoms with E-state index in [1.165, 1.54) is 11.1 Å². The molecule has 110 valence electrons. The Balaban J connectivity index is 1.76. The molecule has 2 aliphatic rings. The molecule has 3 heteroatoms. The second-order valence-corrected chi connectivity index (χ2v) is 6.26. The molecule has 0 amide bonds. The molecule has 2 saturated heterocycles. The largest absolute Gasteiger partial charge is 0.378 e. The molecule has 1 spiro atoms. The molecule has 2 aliphatic heterocycles. The zero-order valence-electron chi connectivity index (χ0n) is 12.5. The fourth-order valence-corrected chi connectivity index (χ4v) is 3.66. The van der Waals surface area contributed by atoms with E-state index in [0.29, 0.717) is 12.0 Å². The van der Waals surface area contributed by atoms with Crippen molar-refractivity contribution < 1.29 is 9.47 Å². The lowest BCUT2D eigenvalue weighted by atomic mass is 9.79. The van der Waals surface area contributed by atoms with E-state index in [2.05, 4.69) is 43.6 Å². The van der Waals surface area contributed by atoms with E-state index in [1.807, 2.05) is 0 Å². The molecule has 3 rings (SSSR count). The molecular weight excluding hydrogens is 250 g/mol. The maximum absolute atomic E-state index is 6.05. The first-order chi connectivity index (χ1) is 9.72. The van der Waals surface area contributed by atoms with Crippen LogP contribution in [-0.4, -0.2) is 32.5 Å². The van der Waals surface area contributed by atoms with Crippen molar-refractivity contribution in [3.05, 3.63) is 35.4 Å². The van der Waals surface area contributed by atoms with Gasteiger partial charge in [0.2, 0.25) is 0 Å². The minimum atomic E-state index is -0.0112. The van der Waals surface area contributed by atoms with E-state index < -0.39 is 0 Å². The van der Waals surface area contributed by atoms with E-state index in [-0.39, 0.29) is 5.60 Å². The van der Waals surface area contributed by atoms with Crippen molar-refractivity contribution in [1.29, 1.82) is 0 Å². The van der Waals surface area contributed by atoms with Crippen LogP contribution in [0.4, 0.5) is 0 Å². The summed E-state index contributed by atoms with van der Waals surface area (Å²) in [5.74, 6) is 0.623. The molecule has 3 unspecified atom stereocenters. The van der Waals surface area contributed by atoms with Gasteiger partial charge < -0.3 is 14.8 Å². The smallest absolute Gasteiger partial charge is 0.0940 e. The summed E-state index contributed by atoms with van der Waals surface area (Å²) in [5.41, 5.74) is 2.69. The van der Waals surface area contributed by atoms with Gasteiger partial charge in [0.1, 0.15) is 0 Å². The maximum atomic E-state index is 6.05. The van der Waals surface area contributed by atoms with Gasteiger partial charge in [0.25, 0.3) is 0 Å². The van der Waals surface area contributed by atoms with Crippen molar-refractivity contribution in [3.63, 3.8) is 0 Å². The first-order valence-electron chi connectivity index (χ1n) is 7.68. The number of hydrogen-bond acceptors (Lipinski definition) is 3. The van der Waals surface area contributed by atoms with Gasteiger partial charge in [-0.1, -0.05) is 29.8 Å². The highest BCUT2D eigenvalue weighted by Gasteiger charge is 2.42. The number of nitrogens with one attached hydrogen (secondary N) is 1. The van der Waals surface area contributed by atoms with Gasteiger partial charge in [-0.15, -0.1) is 0 Å². The number of aryl methyl sites for hydroxylation is 1. The molecule has 3 atom stereocenters. The van der Waals surface area contributed by atoms with Crippen LogP contribution >= 0.6 is 0 Å². The molecule has 3 nitrogen and oxygen atoms in total. The zero-order valence-corrected chi connectivity index (χ0v) is 12.5. The Morgan fingerprint density at radius 3 is 2.70 bits per heavy atom. The fraction of sp³-hybridized carbons (Fsp3) is 0.647.